The van der Waals surface area contributed by atoms with Crippen molar-refractivity contribution in [1.29, 1.82) is 5.26 Å². The predicted octanol–water partition coefficient (Wildman–Crippen LogP) is 6.70. The van der Waals surface area contributed by atoms with Crippen LogP contribution in [-0.4, -0.2) is 80.9 Å². The molecule has 0 saturated carbocycles. The van der Waals surface area contributed by atoms with Crippen LogP contribution in [0.2, 0.25) is 18.1 Å². The quantitative estimate of drug-likeness (QED) is 0.222. The molecule has 244 valence electrons. The van der Waals surface area contributed by atoms with E-state index in [-0.39, 0.29) is 41.3 Å². The van der Waals surface area contributed by atoms with Gasteiger partial charge in [-0.15, -0.1) is 0 Å². The van der Waals surface area contributed by atoms with Gasteiger partial charge in [0.2, 0.25) is 0 Å². The molecule has 45 heavy (non-hydrogen) atoms. The lowest BCUT2D eigenvalue weighted by molar-refractivity contribution is -0.122. The van der Waals surface area contributed by atoms with Crippen LogP contribution in [0.25, 0.3) is 0 Å². The summed E-state index contributed by atoms with van der Waals surface area (Å²) in [5.74, 6) is 0.112. The molecular formula is C35H49N3O6Si. The Bertz CT molecular complexity index is 1330. The molecule has 2 saturated heterocycles. The number of amides is 1. The molecule has 2 heterocycles. The number of nitriles is 1. The fraction of sp³-hybridized carbons (Fsp3) is 0.571. The molecule has 0 N–H and O–H groups in total. The Balaban J connectivity index is 1.55. The monoisotopic (exact) mass is 635 g/mol. The van der Waals surface area contributed by atoms with Crippen LogP contribution < -0.4 is 4.74 Å². The normalized spacial score (nSPS) is 21.4. The SMILES string of the molecule is CC(C)(C)OC(=O)N1CC2CN(C(CCOc3ccc(C#N)cc3)O[Si](C)(C)C(C)(C)C)CC(C1)C2OC(=O)c1ccccc1. The smallest absolute Gasteiger partial charge is 0.410 e. The average Bonchev–Trinajstić information content (AvgIpc) is 2.95. The molecule has 2 aromatic carbocycles. The third kappa shape index (κ3) is 9.09. The van der Waals surface area contributed by atoms with Crippen LogP contribution in [0.3, 0.4) is 0 Å². The van der Waals surface area contributed by atoms with Crippen LogP contribution in [0, 0.1) is 23.2 Å². The number of rotatable bonds is 9. The first-order valence-electron chi connectivity index (χ1n) is 15.8. The summed E-state index contributed by atoms with van der Waals surface area (Å²) in [6, 6.07) is 18.3. The number of piperidine rings is 2. The van der Waals surface area contributed by atoms with Gasteiger partial charge in [0, 0.05) is 44.4 Å². The molecular weight excluding hydrogens is 586 g/mol. The summed E-state index contributed by atoms with van der Waals surface area (Å²) in [6.07, 6.45) is -0.260. The van der Waals surface area contributed by atoms with Gasteiger partial charge in [0.15, 0.2) is 8.32 Å². The third-order valence-electron chi connectivity index (χ3n) is 8.94. The largest absolute Gasteiger partial charge is 0.493 e. The van der Waals surface area contributed by atoms with E-state index >= 15 is 0 Å². The highest BCUT2D eigenvalue weighted by Crippen LogP contribution is 2.40. The van der Waals surface area contributed by atoms with E-state index < -0.39 is 13.9 Å². The maximum atomic E-state index is 13.2. The first kappa shape index (κ1) is 34.5. The van der Waals surface area contributed by atoms with Gasteiger partial charge in [-0.2, -0.15) is 5.26 Å². The number of hydrogen-bond donors (Lipinski definition) is 0. The molecule has 9 nitrogen and oxygen atoms in total. The summed E-state index contributed by atoms with van der Waals surface area (Å²) >= 11 is 0. The van der Waals surface area contributed by atoms with Gasteiger partial charge >= 0.3 is 12.1 Å². The fourth-order valence-electron chi connectivity index (χ4n) is 5.64. The minimum atomic E-state index is -2.18. The molecule has 3 atom stereocenters. The number of ether oxygens (including phenoxy) is 3. The molecule has 2 bridgehead atoms. The van der Waals surface area contributed by atoms with Gasteiger partial charge in [-0.1, -0.05) is 39.0 Å². The molecule has 2 fully saturated rings. The third-order valence-corrected chi connectivity index (χ3v) is 13.4. The van der Waals surface area contributed by atoms with Crippen LogP contribution >= 0.6 is 0 Å². The van der Waals surface area contributed by atoms with Crippen molar-refractivity contribution >= 4 is 20.4 Å². The highest BCUT2D eigenvalue weighted by Gasteiger charge is 2.49. The average molecular weight is 636 g/mol. The predicted molar refractivity (Wildman–Crippen MR) is 175 cm³/mol. The van der Waals surface area contributed by atoms with E-state index in [0.717, 1.165) is 0 Å². The molecule has 2 aliphatic heterocycles. The lowest BCUT2D eigenvalue weighted by atomic mass is 9.81. The fourth-order valence-corrected chi connectivity index (χ4v) is 6.94. The summed E-state index contributed by atoms with van der Waals surface area (Å²) in [5.41, 5.74) is 0.497. The van der Waals surface area contributed by atoms with Crippen LogP contribution in [0.4, 0.5) is 4.79 Å². The van der Waals surface area contributed by atoms with Crippen molar-refractivity contribution in [2.45, 2.75) is 84.0 Å². The second-order valence-electron chi connectivity index (χ2n) is 14.7. The van der Waals surface area contributed by atoms with E-state index in [4.69, 9.17) is 23.9 Å². The number of carbonyl (C=O) groups is 2. The second-order valence-corrected chi connectivity index (χ2v) is 19.5. The first-order chi connectivity index (χ1) is 21.1. The zero-order valence-corrected chi connectivity index (χ0v) is 29.0. The van der Waals surface area contributed by atoms with Crippen molar-refractivity contribution in [3.63, 3.8) is 0 Å². The van der Waals surface area contributed by atoms with E-state index in [2.05, 4.69) is 44.8 Å². The number of likely N-dealkylation sites (tertiary alicyclic amines) is 2. The molecule has 0 aliphatic carbocycles. The summed E-state index contributed by atoms with van der Waals surface area (Å²) in [6.45, 7) is 19.3. The van der Waals surface area contributed by atoms with Crippen molar-refractivity contribution in [3.8, 4) is 11.8 Å². The van der Waals surface area contributed by atoms with Gasteiger partial charge in [-0.25, -0.2) is 9.59 Å². The van der Waals surface area contributed by atoms with E-state index in [1.54, 1.807) is 29.2 Å². The summed E-state index contributed by atoms with van der Waals surface area (Å²) < 4.78 is 25.1. The van der Waals surface area contributed by atoms with Crippen molar-refractivity contribution in [2.24, 2.45) is 11.8 Å². The van der Waals surface area contributed by atoms with E-state index in [0.29, 0.717) is 56.1 Å². The Labute approximate surface area is 269 Å². The number of nitrogens with zero attached hydrogens (tertiary/aromatic N) is 3. The van der Waals surface area contributed by atoms with Crippen LogP contribution in [-0.2, 0) is 13.9 Å². The molecule has 0 spiro atoms. The Morgan fingerprint density at radius 3 is 2.07 bits per heavy atom. The van der Waals surface area contributed by atoms with Gasteiger partial charge in [0.1, 0.15) is 23.7 Å². The minimum Gasteiger partial charge on any atom is -0.493 e. The molecule has 4 rings (SSSR count). The number of hydrogen-bond acceptors (Lipinski definition) is 8. The summed E-state index contributed by atoms with van der Waals surface area (Å²) in [7, 11) is -2.18. The van der Waals surface area contributed by atoms with Crippen molar-refractivity contribution in [2.75, 3.05) is 32.8 Å². The Morgan fingerprint density at radius 1 is 0.933 bits per heavy atom. The number of fused-ring (bicyclic) bond motifs is 2. The molecule has 0 radical (unpaired) electrons. The van der Waals surface area contributed by atoms with Crippen molar-refractivity contribution in [1.82, 2.24) is 9.80 Å². The number of benzene rings is 2. The van der Waals surface area contributed by atoms with Crippen molar-refractivity contribution in [3.05, 3.63) is 65.7 Å². The van der Waals surface area contributed by atoms with Crippen molar-refractivity contribution < 1.29 is 28.2 Å². The zero-order chi connectivity index (χ0) is 33.0. The van der Waals surface area contributed by atoms with E-state index in [1.807, 2.05) is 51.1 Å². The van der Waals surface area contributed by atoms with E-state index in [9.17, 15) is 9.59 Å². The maximum Gasteiger partial charge on any atom is 0.410 e. The van der Waals surface area contributed by atoms with Crippen LogP contribution in [0.5, 0.6) is 5.75 Å². The molecule has 1 amide bonds. The standard InChI is InChI=1S/C35H49N3O6Si/c1-34(2,3)43-33(40)38-23-27-21-37(22-28(24-38)31(27)42-32(39)26-12-10-9-11-13-26)30(44-45(7,8)35(4,5)6)18-19-41-29-16-14-25(20-36)15-17-29/h9-17,27-28,30-31H,18-19,21-24H2,1-8H3. The van der Waals surface area contributed by atoms with Gasteiger partial charge in [0.05, 0.1) is 23.8 Å². The summed E-state index contributed by atoms with van der Waals surface area (Å²) in [5, 5.41) is 9.13. The van der Waals surface area contributed by atoms with Gasteiger partial charge < -0.3 is 23.5 Å². The highest BCUT2D eigenvalue weighted by atomic mass is 28.4. The number of esters is 1. The zero-order valence-electron chi connectivity index (χ0n) is 28.0. The molecule has 10 heteroatoms. The second kappa shape index (κ2) is 13.9. The molecule has 2 aliphatic rings. The Kier molecular flexibility index (Phi) is 10.7. The first-order valence-corrected chi connectivity index (χ1v) is 18.8. The molecule has 3 unspecified atom stereocenters. The molecule has 2 aromatic rings. The van der Waals surface area contributed by atoms with Crippen LogP contribution in [0.15, 0.2) is 54.6 Å². The topological polar surface area (TPSA) is 101 Å². The lowest BCUT2D eigenvalue weighted by Crippen LogP contribution is -2.65. The van der Waals surface area contributed by atoms with Gasteiger partial charge in [0.25, 0.3) is 0 Å². The van der Waals surface area contributed by atoms with Gasteiger partial charge in [-0.05, 0) is 75.3 Å². The summed E-state index contributed by atoms with van der Waals surface area (Å²) in [4.78, 5) is 30.5. The van der Waals surface area contributed by atoms with E-state index in [1.165, 1.54) is 0 Å². The van der Waals surface area contributed by atoms with Crippen LogP contribution in [0.1, 0.15) is 63.9 Å². The lowest BCUT2D eigenvalue weighted by Gasteiger charge is -2.52. The maximum absolute atomic E-state index is 13.2. The highest BCUT2D eigenvalue weighted by molar-refractivity contribution is 6.74. The number of carbonyl (C=O) groups excluding carboxylic acids is 2. The Hall–Kier alpha value is -3.39. The molecule has 0 aromatic heterocycles. The van der Waals surface area contributed by atoms with Gasteiger partial charge in [-0.3, -0.25) is 4.90 Å². The minimum absolute atomic E-state index is 0.00610. The Morgan fingerprint density at radius 2 is 1.53 bits per heavy atom.